The van der Waals surface area contributed by atoms with Gasteiger partial charge in [0.05, 0.1) is 23.9 Å². The average molecular weight is 489 g/mol. The van der Waals surface area contributed by atoms with Crippen LogP contribution in [0.4, 0.5) is 5.69 Å². The van der Waals surface area contributed by atoms with E-state index in [9.17, 15) is 14.9 Å². The van der Waals surface area contributed by atoms with Gasteiger partial charge in [-0.1, -0.05) is 23.7 Å². The molecule has 0 unspecified atom stereocenters. The highest BCUT2D eigenvalue weighted by Crippen LogP contribution is 2.33. The van der Waals surface area contributed by atoms with Gasteiger partial charge in [-0.15, -0.1) is 0 Å². The van der Waals surface area contributed by atoms with Crippen molar-refractivity contribution in [3.8, 4) is 22.9 Å². The van der Waals surface area contributed by atoms with Gasteiger partial charge in [0.15, 0.2) is 0 Å². The molecule has 176 valence electrons. The fourth-order valence-corrected chi connectivity index (χ4v) is 3.79. The number of rotatable bonds is 7. The van der Waals surface area contributed by atoms with Gasteiger partial charge in [-0.3, -0.25) is 14.8 Å². The lowest BCUT2D eigenvalue weighted by molar-refractivity contribution is 0.0992. The van der Waals surface area contributed by atoms with Crippen molar-refractivity contribution in [1.29, 1.82) is 5.26 Å². The highest BCUT2D eigenvalue weighted by molar-refractivity contribution is 6.33. The van der Waals surface area contributed by atoms with E-state index in [0.717, 1.165) is 0 Å². The summed E-state index contributed by atoms with van der Waals surface area (Å²) in [5.41, 5.74) is 2.82. The first-order valence-corrected chi connectivity index (χ1v) is 11.1. The number of benzene rings is 2. The molecular formula is C25H21ClN6O3. The number of H-pyrrole nitrogens is 2. The number of amides is 1. The van der Waals surface area contributed by atoms with Crippen LogP contribution in [0.5, 0.6) is 5.75 Å². The number of pyridine rings is 1. The standard InChI is InChI=1S/C25H21ClN6O3/c1-15-11-17(13-27)19(14-28-15)18-12-16(7-8-20(18)26)24(33)32(2)21-5-3-4-6-22(21)35-10-9-23-29-25(34)31-30-23/h3-8,11-12,14H,9-10H2,1-2H3,(H2,29,30,31,34). The second-order valence-corrected chi connectivity index (χ2v) is 8.14. The molecule has 0 radical (unpaired) electrons. The summed E-state index contributed by atoms with van der Waals surface area (Å²) in [5, 5.41) is 16.1. The van der Waals surface area contributed by atoms with Gasteiger partial charge in [-0.25, -0.2) is 9.89 Å². The molecule has 1 amide bonds. The number of carbonyl (C=O) groups excluding carboxylic acids is 1. The number of ether oxygens (including phenoxy) is 1. The molecule has 2 aromatic heterocycles. The summed E-state index contributed by atoms with van der Waals surface area (Å²) >= 11 is 6.42. The Labute approximate surface area is 206 Å². The van der Waals surface area contributed by atoms with Crippen LogP contribution < -0.4 is 15.3 Å². The van der Waals surface area contributed by atoms with Crippen molar-refractivity contribution < 1.29 is 9.53 Å². The molecule has 0 bridgehead atoms. The normalized spacial score (nSPS) is 10.6. The maximum absolute atomic E-state index is 13.4. The molecule has 4 rings (SSSR count). The lowest BCUT2D eigenvalue weighted by Crippen LogP contribution is -2.27. The summed E-state index contributed by atoms with van der Waals surface area (Å²) in [6, 6.07) is 15.9. The molecule has 2 aromatic carbocycles. The Hall–Kier alpha value is -4.42. The molecule has 0 spiro atoms. The molecule has 9 nitrogen and oxygen atoms in total. The van der Waals surface area contributed by atoms with Crippen LogP contribution >= 0.6 is 11.6 Å². The second-order valence-electron chi connectivity index (χ2n) is 7.73. The van der Waals surface area contributed by atoms with Gasteiger partial charge in [-0.2, -0.15) is 10.4 Å². The van der Waals surface area contributed by atoms with Gasteiger partial charge < -0.3 is 9.64 Å². The van der Waals surface area contributed by atoms with Crippen LogP contribution in [0.3, 0.4) is 0 Å². The molecule has 2 heterocycles. The van der Waals surface area contributed by atoms with Crippen LogP contribution in [0.1, 0.15) is 27.4 Å². The number of halogens is 1. The lowest BCUT2D eigenvalue weighted by Gasteiger charge is -2.21. The van der Waals surface area contributed by atoms with E-state index in [-0.39, 0.29) is 18.2 Å². The van der Waals surface area contributed by atoms with Crippen LogP contribution in [0, 0.1) is 18.3 Å². The van der Waals surface area contributed by atoms with E-state index in [1.54, 1.807) is 56.6 Å². The van der Waals surface area contributed by atoms with Crippen molar-refractivity contribution in [1.82, 2.24) is 20.2 Å². The van der Waals surface area contributed by atoms with E-state index in [2.05, 4.69) is 26.2 Å². The quantitative estimate of drug-likeness (QED) is 0.406. The number of para-hydroxylation sites is 2. The SMILES string of the molecule is Cc1cc(C#N)c(-c2cc(C(=O)N(C)c3ccccc3OCCc3n[nH]c(=O)[nH]3)ccc2Cl)cn1. The topological polar surface area (TPSA) is 128 Å². The summed E-state index contributed by atoms with van der Waals surface area (Å²) in [4.78, 5) is 32.9. The summed E-state index contributed by atoms with van der Waals surface area (Å²) in [7, 11) is 1.65. The predicted octanol–water partition coefficient (Wildman–Crippen LogP) is 3.89. The lowest BCUT2D eigenvalue weighted by atomic mass is 9.99. The van der Waals surface area contributed by atoms with Crippen LogP contribution in [0.2, 0.25) is 5.02 Å². The first kappa shape index (κ1) is 23.7. The Morgan fingerprint density at radius 1 is 1.20 bits per heavy atom. The van der Waals surface area contributed by atoms with Gasteiger partial charge in [-0.05, 0) is 43.3 Å². The minimum atomic E-state index is -0.378. The summed E-state index contributed by atoms with van der Waals surface area (Å²) in [6.45, 7) is 2.05. The minimum Gasteiger partial charge on any atom is -0.491 e. The summed E-state index contributed by atoms with van der Waals surface area (Å²) < 4.78 is 5.88. The third-order valence-corrected chi connectivity index (χ3v) is 5.67. The number of anilines is 1. The molecule has 0 saturated heterocycles. The second kappa shape index (κ2) is 10.2. The van der Waals surface area contributed by atoms with E-state index >= 15 is 0 Å². The minimum absolute atomic E-state index is 0.252. The molecule has 10 heteroatoms. The molecule has 0 fully saturated rings. The van der Waals surface area contributed by atoms with E-state index in [4.69, 9.17) is 16.3 Å². The number of nitriles is 1. The van der Waals surface area contributed by atoms with Crippen molar-refractivity contribution in [3.63, 3.8) is 0 Å². The predicted molar refractivity (Wildman–Crippen MR) is 132 cm³/mol. The van der Waals surface area contributed by atoms with Crippen LogP contribution in [0.15, 0.2) is 59.5 Å². The maximum atomic E-state index is 13.4. The zero-order chi connectivity index (χ0) is 24.9. The summed E-state index contributed by atoms with van der Waals surface area (Å²) in [6.07, 6.45) is 1.97. The first-order valence-electron chi connectivity index (χ1n) is 10.7. The first-order chi connectivity index (χ1) is 16.9. The van der Waals surface area contributed by atoms with E-state index < -0.39 is 0 Å². The molecule has 2 N–H and O–H groups in total. The molecule has 4 aromatic rings. The highest BCUT2D eigenvalue weighted by Gasteiger charge is 2.20. The fraction of sp³-hybridized carbons (Fsp3) is 0.160. The fourth-order valence-electron chi connectivity index (χ4n) is 3.57. The molecule has 0 aliphatic carbocycles. The Bertz CT molecular complexity index is 1490. The number of aromatic amines is 2. The van der Waals surface area contributed by atoms with Crippen molar-refractivity contribution in [2.45, 2.75) is 13.3 Å². The molecule has 0 saturated carbocycles. The Kier molecular flexibility index (Phi) is 6.94. The van der Waals surface area contributed by atoms with Gasteiger partial charge in [0, 0.05) is 47.1 Å². The zero-order valence-corrected chi connectivity index (χ0v) is 19.8. The maximum Gasteiger partial charge on any atom is 0.340 e. The number of hydrogen-bond donors (Lipinski definition) is 2. The number of hydrogen-bond acceptors (Lipinski definition) is 6. The highest BCUT2D eigenvalue weighted by atomic mass is 35.5. The number of nitrogens with one attached hydrogen (secondary N) is 2. The average Bonchev–Trinajstić information content (AvgIpc) is 3.28. The molecule has 35 heavy (non-hydrogen) atoms. The van der Waals surface area contributed by atoms with Crippen LogP contribution in [0.25, 0.3) is 11.1 Å². The third-order valence-electron chi connectivity index (χ3n) is 5.34. The Morgan fingerprint density at radius 2 is 2.00 bits per heavy atom. The van der Waals surface area contributed by atoms with Gasteiger partial charge >= 0.3 is 5.69 Å². The number of nitrogens with zero attached hydrogens (tertiary/aromatic N) is 4. The third kappa shape index (κ3) is 5.23. The number of carbonyl (C=O) groups is 1. The van der Waals surface area contributed by atoms with Crippen LogP contribution in [-0.2, 0) is 6.42 Å². The number of aryl methyl sites for hydroxylation is 1. The van der Waals surface area contributed by atoms with Gasteiger partial charge in [0.2, 0.25) is 0 Å². The van der Waals surface area contributed by atoms with Gasteiger partial charge in [0.1, 0.15) is 11.6 Å². The Morgan fingerprint density at radius 3 is 2.74 bits per heavy atom. The monoisotopic (exact) mass is 488 g/mol. The Balaban J connectivity index is 1.58. The van der Waals surface area contributed by atoms with Crippen molar-refractivity contribution in [2.75, 3.05) is 18.6 Å². The summed E-state index contributed by atoms with van der Waals surface area (Å²) in [5.74, 6) is 0.701. The largest absolute Gasteiger partial charge is 0.491 e. The van der Waals surface area contributed by atoms with Crippen LogP contribution in [-0.4, -0.2) is 39.7 Å². The molecule has 0 aliphatic heterocycles. The molecular weight excluding hydrogens is 468 g/mol. The van der Waals surface area contributed by atoms with Crippen molar-refractivity contribution >= 4 is 23.2 Å². The molecule has 0 aliphatic rings. The molecule has 0 atom stereocenters. The number of aromatic nitrogens is 4. The van der Waals surface area contributed by atoms with Crippen molar-refractivity contribution in [2.24, 2.45) is 0 Å². The van der Waals surface area contributed by atoms with E-state index in [1.165, 1.54) is 4.90 Å². The van der Waals surface area contributed by atoms with E-state index in [1.807, 2.05) is 12.1 Å². The van der Waals surface area contributed by atoms with E-state index in [0.29, 0.717) is 56.7 Å². The zero-order valence-electron chi connectivity index (χ0n) is 19.0. The van der Waals surface area contributed by atoms with Crippen molar-refractivity contribution in [3.05, 3.63) is 92.9 Å². The van der Waals surface area contributed by atoms with Gasteiger partial charge in [0.25, 0.3) is 5.91 Å². The smallest absolute Gasteiger partial charge is 0.340 e.